The van der Waals surface area contributed by atoms with Gasteiger partial charge in [-0.15, -0.1) is 0 Å². The van der Waals surface area contributed by atoms with Crippen molar-refractivity contribution in [2.24, 2.45) is 0 Å². The Hall–Kier alpha value is -2.63. The van der Waals surface area contributed by atoms with Crippen LogP contribution in [0, 0.1) is 0 Å². The third kappa shape index (κ3) is 4.12. The summed E-state index contributed by atoms with van der Waals surface area (Å²) in [6, 6.07) is 16.1. The number of halogens is 2. The number of carbonyl (C=O) groups excluding carboxylic acids is 1. The number of nitrogens with one attached hydrogen (secondary N) is 1. The van der Waals surface area contributed by atoms with E-state index in [1.807, 2.05) is 37.3 Å². The predicted octanol–water partition coefficient (Wildman–Crippen LogP) is 5.19. The maximum absolute atomic E-state index is 12.9. The number of hydrogen-bond acceptors (Lipinski definition) is 4. The number of aromatic nitrogens is 2. The zero-order chi connectivity index (χ0) is 18.5. The fraction of sp³-hybridized carbons (Fsp3) is 0.105. The Morgan fingerprint density at radius 1 is 1.12 bits per heavy atom. The molecule has 3 aromatic rings. The minimum atomic E-state index is -0.207. The van der Waals surface area contributed by atoms with Gasteiger partial charge < -0.3 is 10.2 Å². The minimum absolute atomic E-state index is 0.207. The van der Waals surface area contributed by atoms with Crippen LogP contribution < -0.4 is 10.2 Å². The second-order valence-corrected chi connectivity index (χ2v) is 6.24. The molecule has 0 radical (unpaired) electrons. The molecule has 132 valence electrons. The molecule has 7 heteroatoms. The van der Waals surface area contributed by atoms with Crippen LogP contribution in [0.25, 0.3) is 0 Å². The standard InChI is InChI=1S/C19H16Cl2N4O/c1-2-25(14-6-4-3-5-7-14)18(26)16-10-11-22-19(23-16)24-17-12-13(20)8-9-15(17)21/h3-12H,2H2,1H3,(H,22,23,24). The van der Waals surface area contributed by atoms with E-state index < -0.39 is 0 Å². The molecule has 0 bridgehead atoms. The fourth-order valence-electron chi connectivity index (χ4n) is 2.44. The van der Waals surface area contributed by atoms with E-state index in [4.69, 9.17) is 23.2 Å². The average Bonchev–Trinajstić information content (AvgIpc) is 2.66. The molecule has 0 fully saturated rings. The molecule has 26 heavy (non-hydrogen) atoms. The predicted molar refractivity (Wildman–Crippen MR) is 106 cm³/mol. The van der Waals surface area contributed by atoms with Crippen LogP contribution in [0.1, 0.15) is 17.4 Å². The molecule has 5 nitrogen and oxygen atoms in total. The maximum atomic E-state index is 12.9. The topological polar surface area (TPSA) is 58.1 Å². The van der Waals surface area contributed by atoms with E-state index in [0.29, 0.717) is 22.3 Å². The number of para-hydroxylation sites is 1. The van der Waals surface area contributed by atoms with Gasteiger partial charge in [-0.3, -0.25) is 4.79 Å². The van der Waals surface area contributed by atoms with Gasteiger partial charge in [0, 0.05) is 23.5 Å². The molecule has 1 N–H and O–H groups in total. The molecule has 1 heterocycles. The average molecular weight is 387 g/mol. The monoisotopic (exact) mass is 386 g/mol. The van der Waals surface area contributed by atoms with E-state index in [-0.39, 0.29) is 17.5 Å². The lowest BCUT2D eigenvalue weighted by atomic mass is 10.2. The highest BCUT2D eigenvalue weighted by molar-refractivity contribution is 6.35. The highest BCUT2D eigenvalue weighted by Gasteiger charge is 2.18. The smallest absolute Gasteiger partial charge is 0.277 e. The van der Waals surface area contributed by atoms with Crippen molar-refractivity contribution in [3.05, 3.63) is 76.5 Å². The summed E-state index contributed by atoms with van der Waals surface area (Å²) in [5, 5.41) is 4.01. The number of nitrogens with zero attached hydrogens (tertiary/aromatic N) is 3. The summed E-state index contributed by atoms with van der Waals surface area (Å²) >= 11 is 12.1. The van der Waals surface area contributed by atoms with Crippen molar-refractivity contribution in [1.82, 2.24) is 9.97 Å². The molecule has 0 aliphatic heterocycles. The molecule has 1 amide bonds. The number of rotatable bonds is 5. The van der Waals surface area contributed by atoms with Gasteiger partial charge in [0.05, 0.1) is 10.7 Å². The zero-order valence-electron chi connectivity index (χ0n) is 14.0. The van der Waals surface area contributed by atoms with Gasteiger partial charge in [-0.25, -0.2) is 9.97 Å². The SMILES string of the molecule is CCN(C(=O)c1ccnc(Nc2cc(Cl)ccc2Cl)n1)c1ccccc1. The van der Waals surface area contributed by atoms with E-state index in [1.165, 1.54) is 6.20 Å². The summed E-state index contributed by atoms with van der Waals surface area (Å²) in [7, 11) is 0. The third-order valence-electron chi connectivity index (χ3n) is 3.68. The molecule has 1 aromatic heterocycles. The molecule has 0 aliphatic carbocycles. The Balaban J connectivity index is 1.86. The van der Waals surface area contributed by atoms with Crippen molar-refractivity contribution in [3.63, 3.8) is 0 Å². The van der Waals surface area contributed by atoms with Crippen molar-refractivity contribution < 1.29 is 4.79 Å². The first kappa shape index (κ1) is 18.2. The zero-order valence-corrected chi connectivity index (χ0v) is 15.5. The van der Waals surface area contributed by atoms with Gasteiger partial charge in [-0.1, -0.05) is 41.4 Å². The summed E-state index contributed by atoms with van der Waals surface area (Å²) in [5.41, 5.74) is 1.66. The van der Waals surface area contributed by atoms with Crippen LogP contribution in [0.5, 0.6) is 0 Å². The molecule has 0 spiro atoms. The highest BCUT2D eigenvalue weighted by Crippen LogP contribution is 2.27. The Morgan fingerprint density at radius 2 is 1.88 bits per heavy atom. The summed E-state index contributed by atoms with van der Waals surface area (Å²) in [6.45, 7) is 2.44. The maximum Gasteiger partial charge on any atom is 0.277 e. The van der Waals surface area contributed by atoms with Gasteiger partial charge in [0.1, 0.15) is 5.69 Å². The number of carbonyl (C=O) groups is 1. The first-order valence-corrected chi connectivity index (χ1v) is 8.76. The van der Waals surface area contributed by atoms with E-state index in [1.54, 1.807) is 29.2 Å². The number of benzene rings is 2. The molecular weight excluding hydrogens is 371 g/mol. The molecule has 0 saturated heterocycles. The Kier molecular flexibility index (Phi) is 5.71. The lowest BCUT2D eigenvalue weighted by Crippen LogP contribution is -2.31. The molecule has 0 unspecified atom stereocenters. The quantitative estimate of drug-likeness (QED) is 0.654. The second-order valence-electron chi connectivity index (χ2n) is 5.40. The van der Waals surface area contributed by atoms with Crippen LogP contribution in [0.4, 0.5) is 17.3 Å². The van der Waals surface area contributed by atoms with Crippen molar-refractivity contribution in [2.45, 2.75) is 6.92 Å². The van der Waals surface area contributed by atoms with E-state index >= 15 is 0 Å². The van der Waals surface area contributed by atoms with Crippen molar-refractivity contribution in [3.8, 4) is 0 Å². The van der Waals surface area contributed by atoms with E-state index in [0.717, 1.165) is 5.69 Å². The minimum Gasteiger partial charge on any atom is -0.323 e. The molecule has 3 rings (SSSR count). The van der Waals surface area contributed by atoms with Crippen LogP contribution in [0.15, 0.2) is 60.8 Å². The number of hydrogen-bond donors (Lipinski definition) is 1. The molecule has 0 saturated carbocycles. The highest BCUT2D eigenvalue weighted by atomic mass is 35.5. The van der Waals surface area contributed by atoms with Gasteiger partial charge in [0.2, 0.25) is 5.95 Å². The van der Waals surface area contributed by atoms with Gasteiger partial charge in [-0.2, -0.15) is 0 Å². The van der Waals surface area contributed by atoms with Gasteiger partial charge in [0.15, 0.2) is 0 Å². The van der Waals surface area contributed by atoms with E-state index in [9.17, 15) is 4.79 Å². The van der Waals surface area contributed by atoms with Crippen LogP contribution in [0.2, 0.25) is 10.0 Å². The lowest BCUT2D eigenvalue weighted by Gasteiger charge is -2.20. The summed E-state index contributed by atoms with van der Waals surface area (Å²) in [5.74, 6) is 0.0606. The first-order chi connectivity index (χ1) is 12.6. The fourth-order valence-corrected chi connectivity index (χ4v) is 2.78. The lowest BCUT2D eigenvalue weighted by molar-refractivity contribution is 0.0983. The summed E-state index contributed by atoms with van der Waals surface area (Å²) in [6.07, 6.45) is 1.53. The first-order valence-electron chi connectivity index (χ1n) is 8.00. The van der Waals surface area contributed by atoms with Gasteiger partial charge >= 0.3 is 0 Å². The summed E-state index contributed by atoms with van der Waals surface area (Å²) in [4.78, 5) is 23.0. The summed E-state index contributed by atoms with van der Waals surface area (Å²) < 4.78 is 0. The molecule has 2 aromatic carbocycles. The van der Waals surface area contributed by atoms with Crippen LogP contribution in [0.3, 0.4) is 0 Å². The van der Waals surface area contributed by atoms with Crippen LogP contribution >= 0.6 is 23.2 Å². The largest absolute Gasteiger partial charge is 0.323 e. The molecular formula is C19H16Cl2N4O. The van der Waals surface area contributed by atoms with Crippen molar-refractivity contribution in [2.75, 3.05) is 16.8 Å². The van der Waals surface area contributed by atoms with Crippen LogP contribution in [-0.2, 0) is 0 Å². The van der Waals surface area contributed by atoms with E-state index in [2.05, 4.69) is 15.3 Å². The number of anilines is 3. The van der Waals surface area contributed by atoms with Crippen molar-refractivity contribution >= 4 is 46.4 Å². The van der Waals surface area contributed by atoms with Crippen LogP contribution in [-0.4, -0.2) is 22.4 Å². The molecule has 0 atom stereocenters. The Morgan fingerprint density at radius 3 is 2.62 bits per heavy atom. The van der Waals surface area contributed by atoms with Gasteiger partial charge in [-0.05, 0) is 43.3 Å². The third-order valence-corrected chi connectivity index (χ3v) is 4.24. The Labute approximate surface area is 161 Å². The van der Waals surface area contributed by atoms with Gasteiger partial charge in [0.25, 0.3) is 5.91 Å². The van der Waals surface area contributed by atoms with Crippen molar-refractivity contribution in [1.29, 1.82) is 0 Å². The normalized spacial score (nSPS) is 10.4. The second kappa shape index (κ2) is 8.17. The Bertz CT molecular complexity index is 918. The number of amides is 1. The molecule has 0 aliphatic rings.